The molecule has 2 aliphatic carbocycles. The standard InChI is InChI=1S/C17H24N2O2/c1-17(9-12-2-3-14(17)8-12)16(20)19-6-4-13(5-7-19)15-10-18-11-21-15/h10-14H,2-9H2,1H3. The summed E-state index contributed by atoms with van der Waals surface area (Å²) in [7, 11) is 0. The van der Waals surface area contributed by atoms with E-state index in [2.05, 4.69) is 16.8 Å². The summed E-state index contributed by atoms with van der Waals surface area (Å²) in [5, 5.41) is 0. The summed E-state index contributed by atoms with van der Waals surface area (Å²) < 4.78 is 5.41. The zero-order valence-electron chi connectivity index (χ0n) is 12.8. The highest BCUT2D eigenvalue weighted by Crippen LogP contribution is 2.56. The molecule has 2 bridgehead atoms. The number of hydrogen-bond acceptors (Lipinski definition) is 3. The van der Waals surface area contributed by atoms with Crippen molar-refractivity contribution in [1.82, 2.24) is 9.88 Å². The molecule has 3 aliphatic rings. The number of carbonyl (C=O) groups excluding carboxylic acids is 1. The summed E-state index contributed by atoms with van der Waals surface area (Å²) in [5.41, 5.74) is -0.0675. The molecule has 4 heteroatoms. The third kappa shape index (κ3) is 2.11. The van der Waals surface area contributed by atoms with Crippen LogP contribution in [0.25, 0.3) is 0 Å². The van der Waals surface area contributed by atoms with Gasteiger partial charge in [-0.2, -0.15) is 0 Å². The Hall–Kier alpha value is -1.32. The van der Waals surface area contributed by atoms with Crippen LogP contribution in [0.5, 0.6) is 0 Å². The van der Waals surface area contributed by atoms with E-state index >= 15 is 0 Å². The van der Waals surface area contributed by atoms with E-state index in [4.69, 9.17) is 4.42 Å². The van der Waals surface area contributed by atoms with E-state index in [1.165, 1.54) is 25.7 Å². The number of hydrogen-bond donors (Lipinski definition) is 0. The van der Waals surface area contributed by atoms with E-state index in [1.807, 2.05) is 6.20 Å². The van der Waals surface area contributed by atoms with Crippen LogP contribution in [0.3, 0.4) is 0 Å². The molecule has 1 aromatic heterocycles. The molecule has 1 amide bonds. The Labute approximate surface area is 125 Å². The Morgan fingerprint density at radius 3 is 2.71 bits per heavy atom. The zero-order chi connectivity index (χ0) is 14.4. The third-order valence-corrected chi connectivity index (χ3v) is 6.28. The van der Waals surface area contributed by atoms with Gasteiger partial charge >= 0.3 is 0 Å². The largest absolute Gasteiger partial charge is 0.448 e. The number of carbonyl (C=O) groups is 1. The first-order chi connectivity index (χ1) is 10.2. The molecule has 4 nitrogen and oxygen atoms in total. The second-order valence-electron chi connectivity index (χ2n) is 7.47. The van der Waals surface area contributed by atoms with Crippen LogP contribution in [-0.4, -0.2) is 28.9 Å². The SMILES string of the molecule is CC1(C(=O)N2CCC(c3cnco3)CC2)CC2CCC1C2. The summed E-state index contributed by atoms with van der Waals surface area (Å²) >= 11 is 0. The molecule has 1 aliphatic heterocycles. The number of amides is 1. The Balaban J connectivity index is 1.41. The van der Waals surface area contributed by atoms with Crippen molar-refractivity contribution >= 4 is 5.91 Å². The van der Waals surface area contributed by atoms with Gasteiger partial charge in [-0.1, -0.05) is 13.3 Å². The van der Waals surface area contributed by atoms with Gasteiger partial charge in [0.05, 0.1) is 6.20 Å². The molecule has 3 fully saturated rings. The number of likely N-dealkylation sites (tertiary alicyclic amines) is 1. The number of aromatic nitrogens is 1. The van der Waals surface area contributed by atoms with Gasteiger partial charge in [0.1, 0.15) is 5.76 Å². The van der Waals surface area contributed by atoms with Gasteiger partial charge < -0.3 is 9.32 Å². The van der Waals surface area contributed by atoms with Crippen LogP contribution in [-0.2, 0) is 4.79 Å². The Morgan fingerprint density at radius 1 is 1.33 bits per heavy atom. The normalized spacial score (nSPS) is 36.3. The maximum atomic E-state index is 13.0. The van der Waals surface area contributed by atoms with Gasteiger partial charge in [-0.25, -0.2) is 4.98 Å². The minimum absolute atomic E-state index is 0.0675. The van der Waals surface area contributed by atoms with Gasteiger partial charge in [0.2, 0.25) is 5.91 Å². The molecule has 114 valence electrons. The Bertz CT molecular complexity index is 519. The average molecular weight is 288 g/mol. The summed E-state index contributed by atoms with van der Waals surface area (Å²) in [6.45, 7) is 3.97. The van der Waals surface area contributed by atoms with E-state index in [9.17, 15) is 4.79 Å². The first-order valence-electron chi connectivity index (χ1n) is 8.34. The third-order valence-electron chi connectivity index (χ3n) is 6.28. The Kier molecular flexibility index (Phi) is 3.09. The van der Waals surface area contributed by atoms with Crippen LogP contribution in [0.2, 0.25) is 0 Å². The lowest BCUT2D eigenvalue weighted by atomic mass is 9.73. The average Bonchev–Trinajstić information content (AvgIpc) is 3.23. The predicted molar refractivity (Wildman–Crippen MR) is 78.6 cm³/mol. The first-order valence-corrected chi connectivity index (χ1v) is 8.34. The monoisotopic (exact) mass is 288 g/mol. The molecule has 3 unspecified atom stereocenters. The molecule has 4 rings (SSSR count). The molecular weight excluding hydrogens is 264 g/mol. The van der Waals surface area contributed by atoms with Crippen molar-refractivity contribution < 1.29 is 9.21 Å². The number of oxazole rings is 1. The second-order valence-corrected chi connectivity index (χ2v) is 7.47. The van der Waals surface area contributed by atoms with Crippen molar-refractivity contribution in [3.63, 3.8) is 0 Å². The van der Waals surface area contributed by atoms with Crippen LogP contribution in [0.15, 0.2) is 17.0 Å². The highest BCUT2D eigenvalue weighted by Gasteiger charge is 2.53. The van der Waals surface area contributed by atoms with Crippen LogP contribution < -0.4 is 0 Å². The molecular formula is C17H24N2O2. The van der Waals surface area contributed by atoms with Crippen molar-refractivity contribution in [1.29, 1.82) is 0 Å². The quantitative estimate of drug-likeness (QED) is 0.839. The van der Waals surface area contributed by atoms with Crippen molar-refractivity contribution in [2.75, 3.05) is 13.1 Å². The molecule has 1 aromatic rings. The van der Waals surface area contributed by atoms with E-state index < -0.39 is 0 Å². The minimum atomic E-state index is -0.0675. The summed E-state index contributed by atoms with van der Waals surface area (Å²) in [6, 6.07) is 0. The number of piperidine rings is 1. The van der Waals surface area contributed by atoms with Crippen molar-refractivity contribution in [2.45, 2.75) is 51.4 Å². The molecule has 0 spiro atoms. The molecule has 0 aromatic carbocycles. The maximum absolute atomic E-state index is 13.0. The fraction of sp³-hybridized carbons (Fsp3) is 0.765. The van der Waals surface area contributed by atoms with Crippen LogP contribution in [0.1, 0.15) is 57.1 Å². The van der Waals surface area contributed by atoms with Gasteiger partial charge in [-0.3, -0.25) is 4.79 Å². The van der Waals surface area contributed by atoms with Gasteiger partial charge in [0.25, 0.3) is 0 Å². The first kappa shape index (κ1) is 13.4. The smallest absolute Gasteiger partial charge is 0.228 e. The highest BCUT2D eigenvalue weighted by atomic mass is 16.3. The molecule has 2 heterocycles. The van der Waals surface area contributed by atoms with E-state index in [-0.39, 0.29) is 5.41 Å². The van der Waals surface area contributed by atoms with E-state index in [0.29, 0.717) is 17.7 Å². The molecule has 0 N–H and O–H groups in total. The van der Waals surface area contributed by atoms with Gasteiger partial charge in [-0.15, -0.1) is 0 Å². The number of nitrogens with zero attached hydrogens (tertiary/aromatic N) is 2. The predicted octanol–water partition coefficient (Wildman–Crippen LogP) is 3.21. The van der Waals surface area contributed by atoms with Crippen LogP contribution in [0.4, 0.5) is 0 Å². The molecule has 3 atom stereocenters. The molecule has 1 saturated heterocycles. The van der Waals surface area contributed by atoms with Crippen molar-refractivity contribution in [3.8, 4) is 0 Å². The van der Waals surface area contributed by atoms with Gasteiger partial charge in [-0.05, 0) is 43.9 Å². The number of rotatable bonds is 2. The highest BCUT2D eigenvalue weighted by molar-refractivity contribution is 5.83. The fourth-order valence-corrected chi connectivity index (χ4v) is 5.02. The lowest BCUT2D eigenvalue weighted by Crippen LogP contribution is -2.48. The zero-order valence-corrected chi connectivity index (χ0v) is 12.8. The lowest BCUT2D eigenvalue weighted by Gasteiger charge is -2.40. The Morgan fingerprint density at radius 2 is 2.14 bits per heavy atom. The minimum Gasteiger partial charge on any atom is -0.448 e. The summed E-state index contributed by atoms with van der Waals surface area (Å²) in [4.78, 5) is 19.1. The second kappa shape index (κ2) is 4.85. The van der Waals surface area contributed by atoms with Gasteiger partial charge in [0.15, 0.2) is 6.39 Å². The summed E-state index contributed by atoms with van der Waals surface area (Å²) in [6.07, 6.45) is 10.4. The fourth-order valence-electron chi connectivity index (χ4n) is 5.02. The van der Waals surface area contributed by atoms with E-state index in [0.717, 1.165) is 44.0 Å². The van der Waals surface area contributed by atoms with Crippen LogP contribution in [0, 0.1) is 17.3 Å². The van der Waals surface area contributed by atoms with Crippen LogP contribution >= 0.6 is 0 Å². The molecule has 0 radical (unpaired) electrons. The maximum Gasteiger partial charge on any atom is 0.228 e. The lowest BCUT2D eigenvalue weighted by molar-refractivity contribution is -0.145. The van der Waals surface area contributed by atoms with Crippen molar-refractivity contribution in [3.05, 3.63) is 18.4 Å². The van der Waals surface area contributed by atoms with E-state index in [1.54, 1.807) is 0 Å². The van der Waals surface area contributed by atoms with Crippen molar-refractivity contribution in [2.24, 2.45) is 17.3 Å². The topological polar surface area (TPSA) is 46.3 Å². The molecule has 2 saturated carbocycles. The van der Waals surface area contributed by atoms with Gasteiger partial charge in [0, 0.05) is 24.4 Å². The number of fused-ring (bicyclic) bond motifs is 2. The summed E-state index contributed by atoms with van der Waals surface area (Å²) in [5.74, 6) is 3.29. The molecule has 21 heavy (non-hydrogen) atoms.